The molecule has 0 atom stereocenters. The standard InChI is InChI=1S/C21H21FN4O2S/c22-18-7-5-17(6-8-18)21(11-2-12-21)24-20-10-9-19(25-26-20)16-4-1-3-15(13-16)14-29(23,27)28/h1,3-10,13H,2,11-12,14H2,(H,24,26)(H2,23,27,28). The summed E-state index contributed by atoms with van der Waals surface area (Å²) in [5, 5.41) is 17.2. The molecule has 0 bridgehead atoms. The Kier molecular flexibility index (Phi) is 5.06. The lowest BCUT2D eigenvalue weighted by atomic mass is 9.72. The predicted octanol–water partition coefficient (Wildman–Crippen LogP) is 3.56. The molecule has 6 nitrogen and oxygen atoms in total. The lowest BCUT2D eigenvalue weighted by molar-refractivity contribution is 0.283. The molecule has 150 valence electrons. The van der Waals surface area contributed by atoms with Crippen LogP contribution in [0, 0.1) is 5.82 Å². The highest BCUT2D eigenvalue weighted by molar-refractivity contribution is 7.88. The summed E-state index contributed by atoms with van der Waals surface area (Å²) in [7, 11) is -3.60. The minimum Gasteiger partial charge on any atom is -0.359 e. The van der Waals surface area contributed by atoms with Crippen LogP contribution in [0.4, 0.5) is 10.2 Å². The monoisotopic (exact) mass is 412 g/mol. The summed E-state index contributed by atoms with van der Waals surface area (Å²) in [4.78, 5) is 0. The number of hydrogen-bond donors (Lipinski definition) is 2. The van der Waals surface area contributed by atoms with Crippen LogP contribution in [0.15, 0.2) is 60.7 Å². The van der Waals surface area contributed by atoms with E-state index in [1.54, 1.807) is 30.3 Å². The average molecular weight is 412 g/mol. The molecule has 4 rings (SSSR count). The van der Waals surface area contributed by atoms with Gasteiger partial charge in [-0.3, -0.25) is 0 Å². The number of halogens is 1. The first kappa shape index (κ1) is 19.5. The second-order valence-corrected chi connectivity index (χ2v) is 8.99. The Labute approximate surface area is 169 Å². The molecule has 0 unspecified atom stereocenters. The van der Waals surface area contributed by atoms with Crippen LogP contribution in [0.5, 0.6) is 0 Å². The third-order valence-corrected chi connectivity index (χ3v) is 5.96. The number of primary sulfonamides is 1. The summed E-state index contributed by atoms with van der Waals surface area (Å²) in [6, 6.07) is 17.3. The molecule has 0 saturated heterocycles. The fraction of sp³-hybridized carbons (Fsp3) is 0.238. The van der Waals surface area contributed by atoms with Gasteiger partial charge in [-0.2, -0.15) is 0 Å². The van der Waals surface area contributed by atoms with E-state index in [-0.39, 0.29) is 17.1 Å². The Hall–Kier alpha value is -2.84. The van der Waals surface area contributed by atoms with Crippen molar-refractivity contribution in [3.63, 3.8) is 0 Å². The third kappa shape index (κ3) is 4.44. The van der Waals surface area contributed by atoms with Gasteiger partial charge in [-0.15, -0.1) is 10.2 Å². The van der Waals surface area contributed by atoms with Gasteiger partial charge >= 0.3 is 0 Å². The van der Waals surface area contributed by atoms with Crippen molar-refractivity contribution in [2.45, 2.75) is 30.6 Å². The lowest BCUT2D eigenvalue weighted by Gasteiger charge is -2.43. The van der Waals surface area contributed by atoms with Gasteiger partial charge in [0.05, 0.1) is 17.0 Å². The van der Waals surface area contributed by atoms with E-state index in [0.29, 0.717) is 17.1 Å². The van der Waals surface area contributed by atoms with Crippen LogP contribution in [0.25, 0.3) is 11.3 Å². The van der Waals surface area contributed by atoms with Crippen molar-refractivity contribution in [2.75, 3.05) is 5.32 Å². The highest BCUT2D eigenvalue weighted by Crippen LogP contribution is 2.43. The summed E-state index contributed by atoms with van der Waals surface area (Å²) < 4.78 is 35.9. The van der Waals surface area contributed by atoms with Gasteiger partial charge < -0.3 is 5.32 Å². The van der Waals surface area contributed by atoms with E-state index in [1.807, 2.05) is 18.2 Å². The Morgan fingerprint density at radius 1 is 1.03 bits per heavy atom. The maximum atomic E-state index is 13.3. The van der Waals surface area contributed by atoms with Crippen LogP contribution in [0.3, 0.4) is 0 Å². The van der Waals surface area contributed by atoms with E-state index >= 15 is 0 Å². The smallest absolute Gasteiger partial charge is 0.213 e. The largest absolute Gasteiger partial charge is 0.359 e. The number of nitrogens with zero attached hydrogens (tertiary/aromatic N) is 2. The van der Waals surface area contributed by atoms with Crippen molar-refractivity contribution in [2.24, 2.45) is 5.14 Å². The number of nitrogens with two attached hydrogens (primary N) is 1. The highest BCUT2D eigenvalue weighted by atomic mass is 32.2. The Morgan fingerprint density at radius 3 is 2.38 bits per heavy atom. The Morgan fingerprint density at radius 2 is 1.79 bits per heavy atom. The van der Waals surface area contributed by atoms with E-state index in [0.717, 1.165) is 30.4 Å². The fourth-order valence-electron chi connectivity index (χ4n) is 3.64. The van der Waals surface area contributed by atoms with Crippen LogP contribution in [-0.4, -0.2) is 18.6 Å². The van der Waals surface area contributed by atoms with Gasteiger partial charge in [-0.1, -0.05) is 30.3 Å². The summed E-state index contributed by atoms with van der Waals surface area (Å²) in [5.74, 6) is 0.157. The molecule has 2 aromatic carbocycles. The predicted molar refractivity (Wildman–Crippen MR) is 110 cm³/mol. The summed E-state index contributed by atoms with van der Waals surface area (Å²) in [6.45, 7) is 0. The number of benzene rings is 2. The van der Waals surface area contributed by atoms with Gasteiger partial charge in [-0.05, 0) is 60.7 Å². The summed E-state index contributed by atoms with van der Waals surface area (Å²) in [6.07, 6.45) is 2.97. The van der Waals surface area contributed by atoms with E-state index in [4.69, 9.17) is 5.14 Å². The highest BCUT2D eigenvalue weighted by Gasteiger charge is 2.39. The number of sulfonamides is 1. The van der Waals surface area contributed by atoms with Crippen molar-refractivity contribution in [3.8, 4) is 11.3 Å². The SMILES string of the molecule is NS(=O)(=O)Cc1cccc(-c2ccc(NC3(c4ccc(F)cc4)CCC3)nn2)c1. The molecule has 1 saturated carbocycles. The Balaban J connectivity index is 1.54. The van der Waals surface area contributed by atoms with E-state index < -0.39 is 10.0 Å². The zero-order valence-corrected chi connectivity index (χ0v) is 16.5. The normalized spacial score (nSPS) is 15.5. The van der Waals surface area contributed by atoms with Gasteiger partial charge in [0.25, 0.3) is 0 Å². The third-order valence-electron chi connectivity index (χ3n) is 5.23. The zero-order chi connectivity index (χ0) is 20.5. The van der Waals surface area contributed by atoms with E-state index in [9.17, 15) is 12.8 Å². The molecule has 0 aliphatic heterocycles. The molecule has 1 heterocycles. The minimum atomic E-state index is -3.60. The van der Waals surface area contributed by atoms with Crippen LogP contribution >= 0.6 is 0 Å². The van der Waals surface area contributed by atoms with Crippen molar-refractivity contribution in [1.29, 1.82) is 0 Å². The Bertz CT molecular complexity index is 1110. The zero-order valence-electron chi connectivity index (χ0n) is 15.7. The molecule has 0 amide bonds. The van der Waals surface area contributed by atoms with Crippen molar-refractivity contribution in [3.05, 3.63) is 77.6 Å². The maximum Gasteiger partial charge on any atom is 0.213 e. The fourth-order valence-corrected chi connectivity index (χ4v) is 4.28. The van der Waals surface area contributed by atoms with E-state index in [1.165, 1.54) is 12.1 Å². The topological polar surface area (TPSA) is 98.0 Å². The first-order valence-corrected chi connectivity index (χ1v) is 11.0. The summed E-state index contributed by atoms with van der Waals surface area (Å²) in [5.41, 5.74) is 2.78. The number of rotatable bonds is 6. The second-order valence-electron chi connectivity index (χ2n) is 7.38. The molecular weight excluding hydrogens is 391 g/mol. The number of anilines is 1. The molecule has 1 aliphatic carbocycles. The average Bonchev–Trinajstić information content (AvgIpc) is 2.65. The molecular formula is C21H21FN4O2S. The van der Waals surface area contributed by atoms with Crippen molar-refractivity contribution in [1.82, 2.24) is 10.2 Å². The van der Waals surface area contributed by atoms with Gasteiger partial charge in [0.2, 0.25) is 10.0 Å². The van der Waals surface area contributed by atoms with Crippen molar-refractivity contribution < 1.29 is 12.8 Å². The van der Waals surface area contributed by atoms with Gasteiger partial charge in [0.15, 0.2) is 0 Å². The second kappa shape index (κ2) is 7.53. The van der Waals surface area contributed by atoms with Crippen molar-refractivity contribution >= 4 is 15.8 Å². The van der Waals surface area contributed by atoms with Crippen LogP contribution in [0.1, 0.15) is 30.4 Å². The molecule has 0 spiro atoms. The molecule has 3 aromatic rings. The molecule has 1 aliphatic rings. The number of aromatic nitrogens is 2. The molecule has 1 aromatic heterocycles. The first-order valence-electron chi connectivity index (χ1n) is 9.31. The van der Waals surface area contributed by atoms with Crippen LogP contribution < -0.4 is 10.5 Å². The van der Waals surface area contributed by atoms with Crippen LogP contribution in [0.2, 0.25) is 0 Å². The quantitative estimate of drug-likeness (QED) is 0.645. The summed E-state index contributed by atoms with van der Waals surface area (Å²) >= 11 is 0. The lowest BCUT2D eigenvalue weighted by Crippen LogP contribution is -2.42. The molecule has 8 heteroatoms. The molecule has 29 heavy (non-hydrogen) atoms. The van der Waals surface area contributed by atoms with Gasteiger partial charge in [0.1, 0.15) is 11.6 Å². The van der Waals surface area contributed by atoms with Gasteiger partial charge in [0, 0.05) is 5.56 Å². The molecule has 0 radical (unpaired) electrons. The van der Waals surface area contributed by atoms with Crippen LogP contribution in [-0.2, 0) is 21.3 Å². The van der Waals surface area contributed by atoms with E-state index in [2.05, 4.69) is 15.5 Å². The minimum absolute atomic E-state index is 0.228. The molecule has 1 fully saturated rings. The first-order chi connectivity index (χ1) is 13.8. The molecule has 3 N–H and O–H groups in total. The van der Waals surface area contributed by atoms with Gasteiger partial charge in [-0.25, -0.2) is 17.9 Å². The number of nitrogens with one attached hydrogen (secondary N) is 1. The number of hydrogen-bond acceptors (Lipinski definition) is 5. The maximum absolute atomic E-state index is 13.3.